The molecule has 0 fully saturated rings. The molecule has 0 aliphatic heterocycles. The largest absolute Gasteiger partial charge is 0.481 e. The van der Waals surface area contributed by atoms with Gasteiger partial charge in [-0.1, -0.05) is 74.5 Å². The Bertz CT molecular complexity index is 1030. The van der Waals surface area contributed by atoms with E-state index < -0.39 is 6.10 Å². The average Bonchev–Trinajstić information content (AvgIpc) is 2.78. The number of amides is 2. The first-order chi connectivity index (χ1) is 15.0. The molecule has 0 spiro atoms. The molecule has 2 amide bonds. The van der Waals surface area contributed by atoms with Gasteiger partial charge in [-0.3, -0.25) is 9.59 Å². The minimum atomic E-state index is -0.722. The van der Waals surface area contributed by atoms with E-state index in [-0.39, 0.29) is 17.7 Å². The van der Waals surface area contributed by atoms with Crippen LogP contribution in [0.25, 0.3) is 0 Å². The summed E-state index contributed by atoms with van der Waals surface area (Å²) in [7, 11) is 0. The molecule has 0 bridgehead atoms. The third-order valence-corrected chi connectivity index (χ3v) is 4.94. The van der Waals surface area contributed by atoms with Crippen LogP contribution >= 0.6 is 0 Å². The number of anilines is 1. The summed E-state index contributed by atoms with van der Waals surface area (Å²) in [5, 5.41) is 5.73. The number of rotatable bonds is 8. The van der Waals surface area contributed by atoms with Gasteiger partial charge >= 0.3 is 0 Å². The molecule has 5 heteroatoms. The van der Waals surface area contributed by atoms with Crippen LogP contribution in [0.3, 0.4) is 0 Å². The van der Waals surface area contributed by atoms with Gasteiger partial charge in [-0.25, -0.2) is 0 Å². The summed E-state index contributed by atoms with van der Waals surface area (Å²) in [5.74, 6) is 0.398. The van der Waals surface area contributed by atoms with Crippen molar-refractivity contribution in [3.63, 3.8) is 0 Å². The molecule has 0 aromatic heterocycles. The highest BCUT2D eigenvalue weighted by molar-refractivity contribution is 6.04. The lowest BCUT2D eigenvalue weighted by Crippen LogP contribution is -2.32. The van der Waals surface area contributed by atoms with E-state index in [0.29, 0.717) is 23.5 Å². The van der Waals surface area contributed by atoms with Crippen LogP contribution in [0.2, 0.25) is 0 Å². The third kappa shape index (κ3) is 5.95. The molecule has 3 aromatic carbocycles. The van der Waals surface area contributed by atoms with E-state index in [1.807, 2.05) is 54.6 Å². The van der Waals surface area contributed by atoms with Gasteiger partial charge in [-0.05, 0) is 42.2 Å². The monoisotopic (exact) mass is 416 g/mol. The van der Waals surface area contributed by atoms with Crippen LogP contribution in [0.5, 0.6) is 5.75 Å². The molecule has 31 heavy (non-hydrogen) atoms. The van der Waals surface area contributed by atoms with Gasteiger partial charge in [0.15, 0.2) is 6.10 Å². The van der Waals surface area contributed by atoms with Crippen molar-refractivity contribution in [1.29, 1.82) is 0 Å². The van der Waals surface area contributed by atoms with Gasteiger partial charge in [0.05, 0.1) is 11.3 Å². The molecule has 0 radical (unpaired) electrons. The van der Waals surface area contributed by atoms with Crippen LogP contribution in [-0.4, -0.2) is 17.9 Å². The molecule has 3 rings (SSSR count). The zero-order chi connectivity index (χ0) is 22.2. The van der Waals surface area contributed by atoms with Gasteiger partial charge in [0.25, 0.3) is 11.8 Å². The minimum Gasteiger partial charge on any atom is -0.481 e. The first-order valence-electron chi connectivity index (χ1n) is 10.4. The molecule has 0 aliphatic rings. The highest BCUT2D eigenvalue weighted by atomic mass is 16.5. The number of hydrogen-bond acceptors (Lipinski definition) is 3. The Morgan fingerprint density at radius 1 is 0.839 bits per heavy atom. The number of nitrogens with one attached hydrogen (secondary N) is 2. The van der Waals surface area contributed by atoms with Gasteiger partial charge in [0.1, 0.15) is 5.75 Å². The molecule has 2 N–H and O–H groups in total. The molecule has 0 saturated carbocycles. The molecule has 0 unspecified atom stereocenters. The fourth-order valence-corrected chi connectivity index (χ4v) is 3.21. The van der Waals surface area contributed by atoms with Crippen molar-refractivity contribution in [2.24, 2.45) is 0 Å². The van der Waals surface area contributed by atoms with Gasteiger partial charge in [-0.2, -0.15) is 0 Å². The SMILES string of the molecule is CC(C)c1ccccc1O[C@H](C)C(=O)Nc1ccccc1C(=O)NCc1ccccc1. The molecule has 0 heterocycles. The zero-order valence-corrected chi connectivity index (χ0v) is 18.1. The topological polar surface area (TPSA) is 67.4 Å². The molecule has 3 aromatic rings. The summed E-state index contributed by atoms with van der Waals surface area (Å²) < 4.78 is 5.93. The van der Waals surface area contributed by atoms with Crippen LogP contribution < -0.4 is 15.4 Å². The summed E-state index contributed by atoms with van der Waals surface area (Å²) in [6.45, 7) is 6.27. The van der Waals surface area contributed by atoms with E-state index in [1.54, 1.807) is 31.2 Å². The fraction of sp³-hybridized carbons (Fsp3) is 0.231. The number of ether oxygens (including phenoxy) is 1. The van der Waals surface area contributed by atoms with Crippen LogP contribution in [0.4, 0.5) is 5.69 Å². The van der Waals surface area contributed by atoms with Crippen LogP contribution in [0.15, 0.2) is 78.9 Å². The maximum Gasteiger partial charge on any atom is 0.265 e. The second-order valence-electron chi connectivity index (χ2n) is 7.66. The molecule has 0 aliphatic carbocycles. The number of benzene rings is 3. The first-order valence-corrected chi connectivity index (χ1v) is 10.4. The van der Waals surface area contributed by atoms with E-state index in [0.717, 1.165) is 11.1 Å². The van der Waals surface area contributed by atoms with Gasteiger partial charge in [0.2, 0.25) is 0 Å². The van der Waals surface area contributed by atoms with Gasteiger partial charge < -0.3 is 15.4 Å². The van der Waals surface area contributed by atoms with E-state index in [1.165, 1.54) is 0 Å². The lowest BCUT2D eigenvalue weighted by molar-refractivity contribution is -0.122. The number of para-hydroxylation sites is 2. The van der Waals surface area contributed by atoms with Crippen LogP contribution in [0.1, 0.15) is 48.2 Å². The third-order valence-electron chi connectivity index (χ3n) is 4.94. The quantitative estimate of drug-likeness (QED) is 0.534. The second kappa shape index (κ2) is 10.4. The smallest absolute Gasteiger partial charge is 0.265 e. The Hall–Kier alpha value is -3.60. The predicted molar refractivity (Wildman–Crippen MR) is 123 cm³/mol. The van der Waals surface area contributed by atoms with Gasteiger partial charge in [-0.15, -0.1) is 0 Å². The Balaban J connectivity index is 1.67. The second-order valence-corrected chi connectivity index (χ2v) is 7.66. The Labute approximate surface area is 183 Å². The summed E-state index contributed by atoms with van der Waals surface area (Å²) in [4.78, 5) is 25.5. The zero-order valence-electron chi connectivity index (χ0n) is 18.1. The highest BCUT2D eigenvalue weighted by Crippen LogP contribution is 2.27. The maximum atomic E-state index is 12.8. The Kier molecular flexibility index (Phi) is 7.44. The van der Waals surface area contributed by atoms with E-state index in [9.17, 15) is 9.59 Å². The van der Waals surface area contributed by atoms with Crippen molar-refractivity contribution < 1.29 is 14.3 Å². The van der Waals surface area contributed by atoms with Crippen molar-refractivity contribution in [2.45, 2.75) is 39.3 Å². The number of hydrogen-bond donors (Lipinski definition) is 2. The molecular formula is C26H28N2O3. The standard InChI is InChI=1S/C26H28N2O3/c1-18(2)21-13-8-10-16-24(21)31-19(3)25(29)28-23-15-9-7-14-22(23)26(30)27-17-20-11-5-4-6-12-20/h4-16,18-19H,17H2,1-3H3,(H,27,30)(H,28,29)/t19-/m1/s1. The van der Waals surface area contributed by atoms with Crippen molar-refractivity contribution in [1.82, 2.24) is 5.32 Å². The van der Waals surface area contributed by atoms with Crippen molar-refractivity contribution in [2.75, 3.05) is 5.32 Å². The summed E-state index contributed by atoms with van der Waals surface area (Å²) in [6, 6.07) is 24.3. The lowest BCUT2D eigenvalue weighted by atomic mass is 10.0. The normalized spacial score (nSPS) is 11.6. The molecule has 5 nitrogen and oxygen atoms in total. The average molecular weight is 417 g/mol. The van der Waals surface area contributed by atoms with Gasteiger partial charge in [0, 0.05) is 6.54 Å². The number of carbonyl (C=O) groups excluding carboxylic acids is 2. The summed E-state index contributed by atoms with van der Waals surface area (Å²) in [6.07, 6.45) is -0.722. The van der Waals surface area contributed by atoms with Crippen molar-refractivity contribution in [3.8, 4) is 5.75 Å². The summed E-state index contributed by atoms with van der Waals surface area (Å²) in [5.41, 5.74) is 2.90. The van der Waals surface area contributed by atoms with E-state index in [4.69, 9.17) is 4.74 Å². The fourth-order valence-electron chi connectivity index (χ4n) is 3.21. The predicted octanol–water partition coefficient (Wildman–Crippen LogP) is 5.15. The highest BCUT2D eigenvalue weighted by Gasteiger charge is 2.20. The molecular weight excluding hydrogens is 388 g/mol. The van der Waals surface area contributed by atoms with E-state index >= 15 is 0 Å². The molecule has 1 atom stereocenters. The van der Waals surface area contributed by atoms with E-state index in [2.05, 4.69) is 24.5 Å². The van der Waals surface area contributed by atoms with Crippen molar-refractivity contribution >= 4 is 17.5 Å². The Morgan fingerprint density at radius 3 is 2.23 bits per heavy atom. The van der Waals surface area contributed by atoms with Crippen LogP contribution in [-0.2, 0) is 11.3 Å². The molecule has 0 saturated heterocycles. The van der Waals surface area contributed by atoms with Crippen LogP contribution in [0, 0.1) is 0 Å². The number of carbonyl (C=O) groups is 2. The molecule has 160 valence electrons. The lowest BCUT2D eigenvalue weighted by Gasteiger charge is -2.19. The summed E-state index contributed by atoms with van der Waals surface area (Å²) >= 11 is 0. The minimum absolute atomic E-state index is 0.251. The maximum absolute atomic E-state index is 12.8. The Morgan fingerprint density at radius 2 is 1.48 bits per heavy atom. The van der Waals surface area contributed by atoms with Crippen molar-refractivity contribution in [3.05, 3.63) is 95.6 Å². The first kappa shape index (κ1) is 22.1.